The van der Waals surface area contributed by atoms with Gasteiger partial charge in [-0.3, -0.25) is 14.2 Å². The molecule has 6 nitrogen and oxygen atoms in total. The Morgan fingerprint density at radius 2 is 1.72 bits per heavy atom. The summed E-state index contributed by atoms with van der Waals surface area (Å²) in [6, 6.07) is 17.9. The topological polar surface area (TPSA) is 101 Å². The number of hydrogen-bond acceptors (Lipinski definition) is 4. The van der Waals surface area contributed by atoms with Crippen LogP contribution in [0.3, 0.4) is 0 Å². The average Bonchev–Trinajstić information content (AvgIpc) is 2.70. The molecule has 0 aromatic heterocycles. The van der Waals surface area contributed by atoms with Crippen molar-refractivity contribution in [3.8, 4) is 0 Å². The number of carbonyl (C=O) groups is 1. The molecule has 0 bridgehead atoms. The zero-order valence-electron chi connectivity index (χ0n) is 15.8. The summed E-state index contributed by atoms with van der Waals surface area (Å²) < 4.78 is 34.3. The third-order valence-electron chi connectivity index (χ3n) is 5.54. The fourth-order valence-electron chi connectivity index (χ4n) is 4.23. The molecule has 1 aliphatic rings. The first-order valence-electron chi connectivity index (χ1n) is 9.43. The van der Waals surface area contributed by atoms with Crippen molar-refractivity contribution in [2.24, 2.45) is 5.73 Å². The molecule has 3 aromatic carbocycles. The van der Waals surface area contributed by atoms with Gasteiger partial charge >= 0.3 is 0 Å². The van der Waals surface area contributed by atoms with E-state index in [9.17, 15) is 17.8 Å². The van der Waals surface area contributed by atoms with Gasteiger partial charge in [0.05, 0.1) is 4.90 Å². The molecule has 3 N–H and O–H groups in total. The fourth-order valence-corrected chi connectivity index (χ4v) is 5.00. The Morgan fingerprint density at radius 1 is 1.03 bits per heavy atom. The predicted octanol–water partition coefficient (Wildman–Crippen LogP) is 3.06. The number of fused-ring (bicyclic) bond motifs is 2. The van der Waals surface area contributed by atoms with Crippen molar-refractivity contribution in [3.63, 3.8) is 0 Å². The summed E-state index contributed by atoms with van der Waals surface area (Å²) in [6.45, 7) is 1.23. The van der Waals surface area contributed by atoms with E-state index in [1.54, 1.807) is 6.07 Å². The summed E-state index contributed by atoms with van der Waals surface area (Å²) in [5, 5.41) is 1.52. The molecule has 1 amide bonds. The van der Waals surface area contributed by atoms with Gasteiger partial charge in [0.25, 0.3) is 10.1 Å². The molecule has 0 spiro atoms. The second-order valence-corrected chi connectivity index (χ2v) is 8.74. The molecule has 7 heteroatoms. The van der Waals surface area contributed by atoms with E-state index in [2.05, 4.69) is 11.0 Å². The van der Waals surface area contributed by atoms with Gasteiger partial charge in [-0.25, -0.2) is 0 Å². The first kappa shape index (κ1) is 19.6. The first-order valence-corrected chi connectivity index (χ1v) is 10.9. The average molecular weight is 410 g/mol. The normalized spacial score (nSPS) is 15.8. The van der Waals surface area contributed by atoms with Crippen LogP contribution in [-0.2, 0) is 27.9 Å². The Balaban J connectivity index is 1.90. The summed E-state index contributed by atoms with van der Waals surface area (Å²) in [5.74, 6) is -0.525. The number of amides is 1. The summed E-state index contributed by atoms with van der Waals surface area (Å²) in [6.07, 6.45) is 0.746. The lowest BCUT2D eigenvalue weighted by molar-refractivity contribution is -0.119. The molecule has 4 rings (SSSR count). The van der Waals surface area contributed by atoms with E-state index < -0.39 is 22.1 Å². The SMILES string of the molecule is NC(=O)CC(c1c(S(=O)(=O)O)ccc2ccccc12)N1CCc2ccccc2C1. The lowest BCUT2D eigenvalue weighted by atomic mass is 9.92. The standard InChI is InChI=1S/C22H22N2O4S/c23-21(25)13-19(24-12-11-15-5-1-2-7-17(15)14-24)22-18-8-4-3-6-16(18)9-10-20(22)29(26,27)28/h1-10,19H,11-14H2,(H2,23,25)(H,26,27,28). The maximum absolute atomic E-state index is 12.2. The van der Waals surface area contributed by atoms with Gasteiger partial charge in [0.2, 0.25) is 5.91 Å². The zero-order valence-corrected chi connectivity index (χ0v) is 16.6. The van der Waals surface area contributed by atoms with Crippen LogP contribution in [0.2, 0.25) is 0 Å². The van der Waals surface area contributed by atoms with Crippen LogP contribution in [0.25, 0.3) is 10.8 Å². The van der Waals surface area contributed by atoms with Crippen molar-refractivity contribution in [2.75, 3.05) is 6.54 Å². The van der Waals surface area contributed by atoms with Gasteiger partial charge < -0.3 is 5.73 Å². The summed E-state index contributed by atoms with van der Waals surface area (Å²) in [7, 11) is -4.48. The van der Waals surface area contributed by atoms with Gasteiger partial charge in [0, 0.05) is 25.6 Å². The Kier molecular flexibility index (Phi) is 5.12. The Bertz CT molecular complexity index is 1190. The number of hydrogen-bond donors (Lipinski definition) is 2. The molecule has 1 atom stereocenters. The van der Waals surface area contributed by atoms with E-state index in [4.69, 9.17) is 5.73 Å². The molecule has 0 radical (unpaired) electrons. The number of nitrogens with zero attached hydrogens (tertiary/aromatic N) is 1. The molecule has 1 aliphatic heterocycles. The van der Waals surface area contributed by atoms with Crippen molar-refractivity contribution in [1.82, 2.24) is 4.90 Å². The van der Waals surface area contributed by atoms with Crippen LogP contribution in [0.1, 0.15) is 29.2 Å². The molecule has 150 valence electrons. The Hall–Kier alpha value is -2.74. The third-order valence-corrected chi connectivity index (χ3v) is 6.45. The van der Waals surface area contributed by atoms with Crippen LogP contribution in [0, 0.1) is 0 Å². The second kappa shape index (κ2) is 7.59. The molecule has 1 unspecified atom stereocenters. The monoisotopic (exact) mass is 410 g/mol. The molecule has 0 saturated carbocycles. The molecule has 3 aromatic rings. The number of rotatable bonds is 5. The van der Waals surface area contributed by atoms with E-state index in [0.717, 1.165) is 17.4 Å². The van der Waals surface area contributed by atoms with Crippen LogP contribution >= 0.6 is 0 Å². The number of benzene rings is 3. The minimum atomic E-state index is -4.48. The van der Waals surface area contributed by atoms with Gasteiger partial charge in [0.15, 0.2) is 0 Å². The van der Waals surface area contributed by atoms with Crippen LogP contribution in [0.15, 0.2) is 65.6 Å². The van der Waals surface area contributed by atoms with Crippen molar-refractivity contribution in [3.05, 3.63) is 77.4 Å². The van der Waals surface area contributed by atoms with E-state index in [1.807, 2.05) is 42.5 Å². The molecular formula is C22H22N2O4S. The minimum Gasteiger partial charge on any atom is -0.370 e. The van der Waals surface area contributed by atoms with Gasteiger partial charge in [-0.15, -0.1) is 0 Å². The van der Waals surface area contributed by atoms with Gasteiger partial charge in [-0.1, -0.05) is 54.6 Å². The summed E-state index contributed by atoms with van der Waals surface area (Å²) in [4.78, 5) is 13.8. The van der Waals surface area contributed by atoms with Crippen molar-refractivity contribution < 1.29 is 17.8 Å². The highest BCUT2D eigenvalue weighted by Crippen LogP contribution is 2.38. The highest BCUT2D eigenvalue weighted by molar-refractivity contribution is 7.85. The van der Waals surface area contributed by atoms with Crippen molar-refractivity contribution >= 4 is 26.8 Å². The number of carbonyl (C=O) groups excluding carboxylic acids is 1. The number of primary amides is 1. The van der Waals surface area contributed by atoms with Crippen molar-refractivity contribution in [2.45, 2.75) is 30.3 Å². The van der Waals surface area contributed by atoms with Gasteiger partial charge in [0.1, 0.15) is 0 Å². The highest BCUT2D eigenvalue weighted by Gasteiger charge is 2.31. The zero-order chi connectivity index (χ0) is 20.6. The predicted molar refractivity (Wildman–Crippen MR) is 111 cm³/mol. The molecule has 1 heterocycles. The molecule has 0 aliphatic carbocycles. The maximum Gasteiger partial charge on any atom is 0.294 e. The third kappa shape index (κ3) is 3.89. The quantitative estimate of drug-likeness (QED) is 0.630. The minimum absolute atomic E-state index is 0.0430. The summed E-state index contributed by atoms with van der Waals surface area (Å²) >= 11 is 0. The van der Waals surface area contributed by atoms with Gasteiger partial charge in [-0.2, -0.15) is 8.42 Å². The largest absolute Gasteiger partial charge is 0.370 e. The molecule has 0 saturated heterocycles. The van der Waals surface area contributed by atoms with Crippen LogP contribution in [-0.4, -0.2) is 30.3 Å². The van der Waals surface area contributed by atoms with E-state index in [1.165, 1.54) is 11.6 Å². The maximum atomic E-state index is 12.2. The van der Waals surface area contributed by atoms with Crippen LogP contribution < -0.4 is 5.73 Å². The lowest BCUT2D eigenvalue weighted by Crippen LogP contribution is -2.37. The van der Waals surface area contributed by atoms with E-state index >= 15 is 0 Å². The van der Waals surface area contributed by atoms with E-state index in [0.29, 0.717) is 24.0 Å². The molecule has 0 fully saturated rings. The van der Waals surface area contributed by atoms with Crippen LogP contribution in [0.5, 0.6) is 0 Å². The molecule has 29 heavy (non-hydrogen) atoms. The Morgan fingerprint density at radius 3 is 2.45 bits per heavy atom. The molecular weight excluding hydrogens is 388 g/mol. The highest BCUT2D eigenvalue weighted by atomic mass is 32.2. The van der Waals surface area contributed by atoms with Crippen LogP contribution in [0.4, 0.5) is 0 Å². The number of nitrogens with two attached hydrogens (primary N) is 1. The summed E-state index contributed by atoms with van der Waals surface area (Å²) in [5.41, 5.74) is 8.36. The fraction of sp³-hybridized carbons (Fsp3) is 0.227. The second-order valence-electron chi connectivity index (χ2n) is 7.35. The van der Waals surface area contributed by atoms with Crippen molar-refractivity contribution in [1.29, 1.82) is 0 Å². The first-order chi connectivity index (χ1) is 13.8. The van der Waals surface area contributed by atoms with E-state index in [-0.39, 0.29) is 11.3 Å². The van der Waals surface area contributed by atoms with Gasteiger partial charge in [-0.05, 0) is 39.9 Å². The smallest absolute Gasteiger partial charge is 0.294 e. The lowest BCUT2D eigenvalue weighted by Gasteiger charge is -2.36. The Labute approximate surface area is 169 Å².